The van der Waals surface area contributed by atoms with Gasteiger partial charge in [-0.25, -0.2) is 9.31 Å². The van der Waals surface area contributed by atoms with Crippen molar-refractivity contribution in [2.24, 2.45) is 0 Å². The van der Waals surface area contributed by atoms with E-state index < -0.39 is 5.97 Å². The quantitative estimate of drug-likeness (QED) is 0.657. The first-order valence-corrected chi connectivity index (χ1v) is 7.19. The highest BCUT2D eigenvalue weighted by Gasteiger charge is 2.14. The van der Waals surface area contributed by atoms with Crippen LogP contribution in [0, 0.1) is 0 Å². The number of esters is 1. The summed E-state index contributed by atoms with van der Waals surface area (Å²) in [6, 6.07) is 3.41. The first kappa shape index (κ1) is 15.3. The van der Waals surface area contributed by atoms with Crippen LogP contribution in [0.4, 0.5) is 5.69 Å². The molecule has 7 heteroatoms. The Morgan fingerprint density at radius 2 is 2.29 bits per heavy atom. The summed E-state index contributed by atoms with van der Waals surface area (Å²) in [5.41, 5.74) is 1.56. The molecule has 1 N–H and O–H groups in total. The number of nitrogens with zero attached hydrogens (tertiary/aromatic N) is 2. The molecule has 0 saturated carbocycles. The van der Waals surface area contributed by atoms with Crippen LogP contribution < -0.4 is 5.32 Å². The average molecular weight is 310 g/mol. The normalized spacial score (nSPS) is 10.6. The Balaban J connectivity index is 2.21. The molecule has 2 aromatic heterocycles. The summed E-state index contributed by atoms with van der Waals surface area (Å²) < 4.78 is 6.53. The van der Waals surface area contributed by atoms with E-state index in [9.17, 15) is 9.59 Å². The number of halogens is 1. The largest absolute Gasteiger partial charge is 0.462 e. The van der Waals surface area contributed by atoms with Crippen LogP contribution in [0.15, 0.2) is 24.5 Å². The standard InChI is InChI=1S/C14H16ClN3O3/c1-2-21-14(20)11-9-16-18-7-5-10(8-12(11)18)17-13(19)4-3-6-15/h5,7-9H,2-4,6H2,1H3,(H,17,19). The van der Waals surface area contributed by atoms with Gasteiger partial charge in [0.15, 0.2) is 0 Å². The second-order valence-electron chi connectivity index (χ2n) is 4.36. The summed E-state index contributed by atoms with van der Waals surface area (Å²) >= 11 is 5.55. The Morgan fingerprint density at radius 3 is 3.00 bits per heavy atom. The highest BCUT2D eigenvalue weighted by atomic mass is 35.5. The van der Waals surface area contributed by atoms with Crippen LogP contribution in [0.3, 0.4) is 0 Å². The lowest BCUT2D eigenvalue weighted by Crippen LogP contribution is -2.11. The van der Waals surface area contributed by atoms with E-state index in [-0.39, 0.29) is 5.91 Å². The predicted octanol–water partition coefficient (Wildman–Crippen LogP) is 2.47. The number of fused-ring (bicyclic) bond motifs is 1. The van der Waals surface area contributed by atoms with E-state index in [1.54, 1.807) is 29.8 Å². The number of carbonyl (C=O) groups excluding carboxylic acids is 2. The van der Waals surface area contributed by atoms with Gasteiger partial charge in [-0.2, -0.15) is 5.10 Å². The minimum atomic E-state index is -0.432. The van der Waals surface area contributed by atoms with Gasteiger partial charge in [-0.15, -0.1) is 11.6 Å². The number of amides is 1. The molecule has 0 radical (unpaired) electrons. The maximum atomic E-state index is 11.8. The predicted molar refractivity (Wildman–Crippen MR) is 79.7 cm³/mol. The Bertz CT molecular complexity index is 654. The number of hydrogen-bond acceptors (Lipinski definition) is 4. The number of anilines is 1. The molecule has 0 unspecified atom stereocenters. The number of carbonyl (C=O) groups is 2. The van der Waals surface area contributed by atoms with Crippen LogP contribution in [-0.4, -0.2) is 34.0 Å². The van der Waals surface area contributed by atoms with Crippen LogP contribution in [0.25, 0.3) is 5.52 Å². The van der Waals surface area contributed by atoms with Gasteiger partial charge < -0.3 is 10.1 Å². The topological polar surface area (TPSA) is 72.7 Å². The number of ether oxygens (including phenoxy) is 1. The van der Waals surface area contributed by atoms with Gasteiger partial charge in [0.05, 0.1) is 18.3 Å². The van der Waals surface area contributed by atoms with Crippen molar-refractivity contribution in [3.8, 4) is 0 Å². The average Bonchev–Trinajstić information content (AvgIpc) is 2.88. The molecule has 0 saturated heterocycles. The molecule has 0 aromatic carbocycles. The van der Waals surface area contributed by atoms with Crippen molar-refractivity contribution < 1.29 is 14.3 Å². The molecular formula is C14H16ClN3O3. The molecule has 2 rings (SSSR count). The Labute approximate surface area is 127 Å². The molecule has 0 bridgehead atoms. The number of hydrogen-bond donors (Lipinski definition) is 1. The fraction of sp³-hybridized carbons (Fsp3) is 0.357. The SMILES string of the molecule is CCOC(=O)c1cnn2ccc(NC(=O)CCCCl)cc12. The maximum absolute atomic E-state index is 11.8. The van der Waals surface area contributed by atoms with Gasteiger partial charge in [0, 0.05) is 24.2 Å². The molecule has 112 valence electrons. The number of aromatic nitrogens is 2. The Morgan fingerprint density at radius 1 is 1.48 bits per heavy atom. The number of pyridine rings is 1. The highest BCUT2D eigenvalue weighted by molar-refractivity contribution is 6.18. The molecule has 0 aliphatic heterocycles. The van der Waals surface area contributed by atoms with Crippen LogP contribution in [0.1, 0.15) is 30.1 Å². The van der Waals surface area contributed by atoms with Crippen LogP contribution >= 0.6 is 11.6 Å². The summed E-state index contributed by atoms with van der Waals surface area (Å²) in [5, 5.41) is 6.84. The van der Waals surface area contributed by atoms with Gasteiger partial charge in [-0.1, -0.05) is 0 Å². The molecule has 0 fully saturated rings. The van der Waals surface area contributed by atoms with Gasteiger partial charge in [-0.05, 0) is 25.5 Å². The number of alkyl halides is 1. The zero-order chi connectivity index (χ0) is 15.2. The molecule has 2 heterocycles. The van der Waals surface area contributed by atoms with E-state index in [0.29, 0.717) is 42.1 Å². The van der Waals surface area contributed by atoms with Crippen molar-refractivity contribution in [2.75, 3.05) is 17.8 Å². The number of rotatable bonds is 6. The third-order valence-corrected chi connectivity index (χ3v) is 3.11. The lowest BCUT2D eigenvalue weighted by Gasteiger charge is -2.06. The van der Waals surface area contributed by atoms with Crippen molar-refractivity contribution in [3.63, 3.8) is 0 Å². The van der Waals surface area contributed by atoms with E-state index in [1.165, 1.54) is 6.20 Å². The van der Waals surface area contributed by atoms with Crippen LogP contribution in [-0.2, 0) is 9.53 Å². The van der Waals surface area contributed by atoms with Crippen molar-refractivity contribution in [2.45, 2.75) is 19.8 Å². The van der Waals surface area contributed by atoms with Crippen molar-refractivity contribution >= 4 is 34.7 Å². The monoisotopic (exact) mass is 309 g/mol. The van der Waals surface area contributed by atoms with Crippen molar-refractivity contribution in [3.05, 3.63) is 30.1 Å². The van der Waals surface area contributed by atoms with E-state index in [4.69, 9.17) is 16.3 Å². The molecule has 2 aromatic rings. The third kappa shape index (κ3) is 3.72. The van der Waals surface area contributed by atoms with Crippen molar-refractivity contribution in [1.29, 1.82) is 0 Å². The highest BCUT2D eigenvalue weighted by Crippen LogP contribution is 2.17. The molecule has 0 aliphatic rings. The second-order valence-corrected chi connectivity index (χ2v) is 4.74. The van der Waals surface area contributed by atoms with Crippen LogP contribution in [0.2, 0.25) is 0 Å². The van der Waals surface area contributed by atoms with E-state index in [1.807, 2.05) is 0 Å². The lowest BCUT2D eigenvalue weighted by molar-refractivity contribution is -0.116. The van der Waals surface area contributed by atoms with Crippen LogP contribution in [0.5, 0.6) is 0 Å². The number of nitrogens with one attached hydrogen (secondary N) is 1. The summed E-state index contributed by atoms with van der Waals surface area (Å²) in [6.07, 6.45) is 4.11. The maximum Gasteiger partial charge on any atom is 0.341 e. The molecule has 0 spiro atoms. The Kier molecular flexibility index (Phi) is 5.16. The molecule has 21 heavy (non-hydrogen) atoms. The smallest absolute Gasteiger partial charge is 0.341 e. The first-order chi connectivity index (χ1) is 10.2. The summed E-state index contributed by atoms with van der Waals surface area (Å²) in [4.78, 5) is 23.5. The van der Waals surface area contributed by atoms with E-state index >= 15 is 0 Å². The zero-order valence-electron chi connectivity index (χ0n) is 11.6. The van der Waals surface area contributed by atoms with Gasteiger partial charge in [0.25, 0.3) is 0 Å². The molecule has 0 aliphatic carbocycles. The zero-order valence-corrected chi connectivity index (χ0v) is 12.4. The fourth-order valence-corrected chi connectivity index (χ4v) is 2.01. The van der Waals surface area contributed by atoms with Gasteiger partial charge >= 0.3 is 5.97 Å². The Hall–Kier alpha value is -2.08. The third-order valence-electron chi connectivity index (χ3n) is 2.84. The van der Waals surface area contributed by atoms with E-state index in [2.05, 4.69) is 10.4 Å². The fourth-order valence-electron chi connectivity index (χ4n) is 1.88. The summed E-state index contributed by atoms with van der Waals surface area (Å²) in [7, 11) is 0. The minimum Gasteiger partial charge on any atom is -0.462 e. The minimum absolute atomic E-state index is 0.114. The lowest BCUT2D eigenvalue weighted by atomic mass is 10.2. The summed E-state index contributed by atoms with van der Waals surface area (Å²) in [5.74, 6) is -0.0995. The first-order valence-electron chi connectivity index (χ1n) is 6.66. The van der Waals surface area contributed by atoms with Gasteiger partial charge in [0.2, 0.25) is 5.91 Å². The van der Waals surface area contributed by atoms with E-state index in [0.717, 1.165) is 0 Å². The van der Waals surface area contributed by atoms with Crippen molar-refractivity contribution in [1.82, 2.24) is 9.61 Å². The van der Waals surface area contributed by atoms with Gasteiger partial charge in [-0.3, -0.25) is 4.79 Å². The van der Waals surface area contributed by atoms with Gasteiger partial charge in [0.1, 0.15) is 5.56 Å². The molecule has 0 atom stereocenters. The molecule has 1 amide bonds. The second kappa shape index (κ2) is 7.08. The summed E-state index contributed by atoms with van der Waals surface area (Å²) in [6.45, 7) is 2.04. The molecular weight excluding hydrogens is 294 g/mol. The molecule has 6 nitrogen and oxygen atoms in total.